The number of nitrogens with zero attached hydrogens (tertiary/aromatic N) is 1. The van der Waals surface area contributed by atoms with Crippen LogP contribution in [0, 0.1) is 0 Å². The minimum Gasteiger partial charge on any atom is -0.370 e. The molecule has 0 radical (unpaired) electrons. The van der Waals surface area contributed by atoms with Gasteiger partial charge in [0.15, 0.2) is 0 Å². The summed E-state index contributed by atoms with van der Waals surface area (Å²) in [6.45, 7) is 3.10. The lowest BCUT2D eigenvalue weighted by Gasteiger charge is -1.99. The van der Waals surface area contributed by atoms with Crippen molar-refractivity contribution in [2.45, 2.75) is 13.3 Å². The van der Waals surface area contributed by atoms with Crippen LogP contribution in [-0.4, -0.2) is 16.7 Å². The lowest BCUT2D eigenvalue weighted by Crippen LogP contribution is -1.99. The standard InChI is InChI=1S/C6H10BrN3/c1-2-3-8-6-5(7)4-9-10-6/h4H,2-3H2,1H3,(H2,8,9,10). The minimum atomic E-state index is 0.960. The van der Waals surface area contributed by atoms with E-state index in [2.05, 4.69) is 38.4 Å². The number of anilines is 1. The summed E-state index contributed by atoms with van der Waals surface area (Å²) in [6.07, 6.45) is 2.85. The lowest BCUT2D eigenvalue weighted by molar-refractivity contribution is 0.960. The fourth-order valence-corrected chi connectivity index (χ4v) is 0.977. The number of H-pyrrole nitrogens is 1. The summed E-state index contributed by atoms with van der Waals surface area (Å²) in [5.74, 6) is 0.960. The van der Waals surface area contributed by atoms with Gasteiger partial charge in [-0.25, -0.2) is 0 Å². The van der Waals surface area contributed by atoms with Crippen molar-refractivity contribution in [3.63, 3.8) is 0 Å². The highest BCUT2D eigenvalue weighted by Gasteiger charge is 1.97. The molecule has 10 heavy (non-hydrogen) atoms. The third kappa shape index (κ3) is 1.73. The fourth-order valence-electron chi connectivity index (χ4n) is 0.645. The molecule has 1 heterocycles. The van der Waals surface area contributed by atoms with Crippen molar-refractivity contribution in [1.82, 2.24) is 10.2 Å². The zero-order valence-electron chi connectivity index (χ0n) is 5.82. The molecule has 0 aliphatic rings. The number of aromatic nitrogens is 2. The second kappa shape index (κ2) is 3.61. The van der Waals surface area contributed by atoms with E-state index in [9.17, 15) is 0 Å². The number of hydrogen-bond donors (Lipinski definition) is 2. The van der Waals surface area contributed by atoms with Crippen LogP contribution in [0.1, 0.15) is 13.3 Å². The number of hydrogen-bond acceptors (Lipinski definition) is 2. The smallest absolute Gasteiger partial charge is 0.135 e. The van der Waals surface area contributed by atoms with Crippen LogP contribution < -0.4 is 5.32 Å². The molecule has 0 saturated carbocycles. The first kappa shape index (κ1) is 7.60. The Bertz CT molecular complexity index is 197. The van der Waals surface area contributed by atoms with Crippen molar-refractivity contribution in [3.05, 3.63) is 10.7 Å². The first-order valence-electron chi connectivity index (χ1n) is 3.27. The highest BCUT2D eigenvalue weighted by atomic mass is 79.9. The van der Waals surface area contributed by atoms with E-state index in [0.29, 0.717) is 0 Å². The van der Waals surface area contributed by atoms with E-state index in [4.69, 9.17) is 0 Å². The van der Waals surface area contributed by atoms with Gasteiger partial charge in [0.05, 0.1) is 10.7 Å². The Morgan fingerprint density at radius 2 is 2.60 bits per heavy atom. The average Bonchev–Trinajstić information content (AvgIpc) is 2.31. The van der Waals surface area contributed by atoms with Crippen LogP contribution in [0.5, 0.6) is 0 Å². The lowest BCUT2D eigenvalue weighted by atomic mass is 10.5. The summed E-state index contributed by atoms with van der Waals surface area (Å²) < 4.78 is 0.987. The van der Waals surface area contributed by atoms with Crippen LogP contribution in [0.25, 0.3) is 0 Å². The van der Waals surface area contributed by atoms with Crippen LogP contribution in [0.4, 0.5) is 5.82 Å². The van der Waals surface area contributed by atoms with E-state index in [0.717, 1.165) is 23.3 Å². The van der Waals surface area contributed by atoms with Crippen LogP contribution in [-0.2, 0) is 0 Å². The maximum atomic E-state index is 3.84. The zero-order valence-corrected chi connectivity index (χ0v) is 7.40. The molecule has 1 aromatic rings. The van der Waals surface area contributed by atoms with Crippen LogP contribution >= 0.6 is 15.9 Å². The Kier molecular flexibility index (Phi) is 2.74. The Morgan fingerprint density at radius 3 is 3.10 bits per heavy atom. The van der Waals surface area contributed by atoms with E-state index >= 15 is 0 Å². The molecule has 1 rings (SSSR count). The van der Waals surface area contributed by atoms with E-state index in [1.54, 1.807) is 6.20 Å². The molecule has 0 spiro atoms. The maximum Gasteiger partial charge on any atom is 0.135 e. The molecule has 0 atom stereocenters. The van der Waals surface area contributed by atoms with Gasteiger partial charge in [-0.2, -0.15) is 5.10 Å². The van der Waals surface area contributed by atoms with Crippen molar-refractivity contribution in [2.75, 3.05) is 11.9 Å². The van der Waals surface area contributed by atoms with E-state index in [1.807, 2.05) is 0 Å². The molecule has 56 valence electrons. The summed E-state index contributed by atoms with van der Waals surface area (Å²) in [5, 5.41) is 9.85. The van der Waals surface area contributed by atoms with Gasteiger partial charge in [0.25, 0.3) is 0 Å². The largest absolute Gasteiger partial charge is 0.370 e. The molecular formula is C6H10BrN3. The molecule has 3 nitrogen and oxygen atoms in total. The van der Waals surface area contributed by atoms with E-state index in [1.165, 1.54) is 0 Å². The monoisotopic (exact) mass is 203 g/mol. The number of nitrogens with one attached hydrogen (secondary N) is 2. The van der Waals surface area contributed by atoms with Gasteiger partial charge in [0.2, 0.25) is 0 Å². The average molecular weight is 204 g/mol. The molecule has 0 amide bonds. The molecular weight excluding hydrogens is 194 g/mol. The zero-order chi connectivity index (χ0) is 7.40. The van der Waals surface area contributed by atoms with E-state index < -0.39 is 0 Å². The molecule has 0 aliphatic heterocycles. The van der Waals surface area contributed by atoms with Crippen molar-refractivity contribution in [1.29, 1.82) is 0 Å². The molecule has 0 bridgehead atoms. The summed E-state index contributed by atoms with van der Waals surface area (Å²) in [6, 6.07) is 0. The molecule has 1 aromatic heterocycles. The topological polar surface area (TPSA) is 40.7 Å². The molecule has 0 aliphatic carbocycles. The number of rotatable bonds is 3. The molecule has 4 heteroatoms. The summed E-state index contributed by atoms with van der Waals surface area (Å²) in [7, 11) is 0. The van der Waals surface area contributed by atoms with Gasteiger partial charge in [-0.05, 0) is 22.4 Å². The molecule has 2 N–H and O–H groups in total. The van der Waals surface area contributed by atoms with E-state index in [-0.39, 0.29) is 0 Å². The Morgan fingerprint density at radius 1 is 1.80 bits per heavy atom. The first-order valence-corrected chi connectivity index (χ1v) is 4.06. The van der Waals surface area contributed by atoms with Gasteiger partial charge < -0.3 is 5.32 Å². The SMILES string of the molecule is CCCNc1[nH]ncc1Br. The highest BCUT2D eigenvalue weighted by molar-refractivity contribution is 9.10. The number of aromatic amines is 1. The van der Waals surface area contributed by atoms with Crippen molar-refractivity contribution < 1.29 is 0 Å². The Balaban J connectivity index is 2.49. The van der Waals surface area contributed by atoms with Crippen LogP contribution in [0.3, 0.4) is 0 Å². The predicted octanol–water partition coefficient (Wildman–Crippen LogP) is 1.99. The molecule has 0 saturated heterocycles. The second-order valence-corrected chi connectivity index (χ2v) is 2.87. The second-order valence-electron chi connectivity index (χ2n) is 2.02. The van der Waals surface area contributed by atoms with Crippen molar-refractivity contribution in [2.24, 2.45) is 0 Å². The quantitative estimate of drug-likeness (QED) is 0.790. The number of halogens is 1. The first-order chi connectivity index (χ1) is 4.84. The predicted molar refractivity (Wildman–Crippen MR) is 45.1 cm³/mol. The van der Waals surface area contributed by atoms with Gasteiger partial charge in [0.1, 0.15) is 5.82 Å². The third-order valence-electron chi connectivity index (χ3n) is 1.14. The fraction of sp³-hybridized carbons (Fsp3) is 0.500. The van der Waals surface area contributed by atoms with Gasteiger partial charge in [0, 0.05) is 6.54 Å². The summed E-state index contributed by atoms with van der Waals surface area (Å²) in [4.78, 5) is 0. The van der Waals surface area contributed by atoms with Gasteiger partial charge in [-0.3, -0.25) is 5.10 Å². The third-order valence-corrected chi connectivity index (χ3v) is 1.75. The van der Waals surface area contributed by atoms with Gasteiger partial charge in [-0.15, -0.1) is 0 Å². The summed E-state index contributed by atoms with van der Waals surface area (Å²) in [5.41, 5.74) is 0. The van der Waals surface area contributed by atoms with Crippen molar-refractivity contribution in [3.8, 4) is 0 Å². The van der Waals surface area contributed by atoms with Crippen molar-refractivity contribution >= 4 is 21.7 Å². The van der Waals surface area contributed by atoms with Gasteiger partial charge >= 0.3 is 0 Å². The Hall–Kier alpha value is -0.510. The van der Waals surface area contributed by atoms with Crippen LogP contribution in [0.15, 0.2) is 10.7 Å². The Labute approximate surface area is 68.3 Å². The maximum absolute atomic E-state index is 3.84. The highest BCUT2D eigenvalue weighted by Crippen LogP contribution is 2.17. The molecule has 0 fully saturated rings. The molecule has 0 aromatic carbocycles. The minimum absolute atomic E-state index is 0.960. The summed E-state index contributed by atoms with van der Waals surface area (Å²) >= 11 is 3.34. The van der Waals surface area contributed by atoms with Gasteiger partial charge in [-0.1, -0.05) is 6.92 Å². The van der Waals surface area contributed by atoms with Crippen LogP contribution in [0.2, 0.25) is 0 Å². The normalized spacial score (nSPS) is 9.80. The molecule has 0 unspecified atom stereocenters.